The van der Waals surface area contributed by atoms with E-state index in [1.807, 2.05) is 0 Å². The zero-order chi connectivity index (χ0) is 12.3. The highest BCUT2D eigenvalue weighted by Crippen LogP contribution is 2.13. The number of pyridine rings is 1. The maximum Gasteiger partial charge on any atom is 0.242 e. The second-order valence-electron chi connectivity index (χ2n) is 2.99. The Labute approximate surface area is 105 Å². The van der Waals surface area contributed by atoms with Crippen LogP contribution in [0.4, 0.5) is 0 Å². The van der Waals surface area contributed by atoms with Crippen molar-refractivity contribution in [3.8, 4) is 0 Å². The van der Waals surface area contributed by atoms with Crippen molar-refractivity contribution in [3.63, 3.8) is 0 Å². The molecule has 0 spiro atoms. The lowest BCUT2D eigenvalue weighted by molar-refractivity contribution is 0.579. The molecule has 0 amide bonds. The molecule has 0 fully saturated rings. The van der Waals surface area contributed by atoms with Crippen LogP contribution in [0, 0.1) is 0 Å². The van der Waals surface area contributed by atoms with Crippen LogP contribution in [0.25, 0.3) is 0 Å². The van der Waals surface area contributed by atoms with Crippen LogP contribution in [0.15, 0.2) is 27.8 Å². The van der Waals surface area contributed by atoms with E-state index in [1.54, 1.807) is 0 Å². The molecule has 10 heteroatoms. The Morgan fingerprint density at radius 2 is 2.24 bits per heavy atom. The van der Waals surface area contributed by atoms with Gasteiger partial charge >= 0.3 is 0 Å². The highest BCUT2D eigenvalue weighted by Gasteiger charge is 2.15. The number of halogens is 1. The molecule has 0 saturated heterocycles. The molecule has 0 aliphatic carbocycles. The average Bonchev–Trinajstić information content (AvgIpc) is 2.79. The largest absolute Gasteiger partial charge is 0.262 e. The fourth-order valence-corrected chi connectivity index (χ4v) is 2.52. The molecule has 0 unspecified atom stereocenters. The molecular weight excluding hydrogens is 312 g/mol. The Morgan fingerprint density at radius 1 is 1.41 bits per heavy atom. The molecule has 2 aromatic rings. The first kappa shape index (κ1) is 12.1. The van der Waals surface area contributed by atoms with Crippen LogP contribution >= 0.6 is 15.9 Å². The maximum atomic E-state index is 11.8. The molecule has 0 aliphatic rings. The van der Waals surface area contributed by atoms with E-state index in [1.165, 1.54) is 18.5 Å². The predicted molar refractivity (Wildman–Crippen MR) is 60.1 cm³/mol. The van der Waals surface area contributed by atoms with E-state index in [9.17, 15) is 8.42 Å². The van der Waals surface area contributed by atoms with E-state index in [-0.39, 0.29) is 17.3 Å². The number of tetrazole rings is 1. The number of hydrogen-bond donors (Lipinski definition) is 2. The fourth-order valence-electron chi connectivity index (χ4n) is 1.04. The van der Waals surface area contributed by atoms with Crippen molar-refractivity contribution in [2.24, 2.45) is 0 Å². The Morgan fingerprint density at radius 3 is 2.88 bits per heavy atom. The van der Waals surface area contributed by atoms with Crippen molar-refractivity contribution in [3.05, 3.63) is 28.8 Å². The monoisotopic (exact) mass is 318 g/mol. The zero-order valence-electron chi connectivity index (χ0n) is 8.33. The quantitative estimate of drug-likeness (QED) is 0.809. The van der Waals surface area contributed by atoms with Gasteiger partial charge in [0.15, 0.2) is 5.82 Å². The first-order valence-corrected chi connectivity index (χ1v) is 6.68. The van der Waals surface area contributed by atoms with Gasteiger partial charge in [0.1, 0.15) is 4.90 Å². The third kappa shape index (κ3) is 3.05. The van der Waals surface area contributed by atoms with E-state index in [4.69, 9.17) is 0 Å². The van der Waals surface area contributed by atoms with Crippen molar-refractivity contribution < 1.29 is 8.42 Å². The Kier molecular flexibility index (Phi) is 3.45. The molecule has 0 aliphatic heterocycles. The van der Waals surface area contributed by atoms with Gasteiger partial charge in [-0.2, -0.15) is 5.21 Å². The third-order valence-corrected chi connectivity index (χ3v) is 3.60. The highest BCUT2D eigenvalue weighted by atomic mass is 79.9. The summed E-state index contributed by atoms with van der Waals surface area (Å²) < 4.78 is 26.6. The lowest BCUT2D eigenvalue weighted by Crippen LogP contribution is -2.24. The number of hydrogen-bond acceptors (Lipinski definition) is 6. The minimum absolute atomic E-state index is 0.0364. The minimum atomic E-state index is -3.62. The summed E-state index contributed by atoms with van der Waals surface area (Å²) in [4.78, 5) is 3.84. The van der Waals surface area contributed by atoms with Gasteiger partial charge in [0.2, 0.25) is 10.0 Å². The van der Waals surface area contributed by atoms with Crippen molar-refractivity contribution in [2.45, 2.75) is 11.4 Å². The minimum Gasteiger partial charge on any atom is -0.262 e. The van der Waals surface area contributed by atoms with Gasteiger partial charge in [-0.1, -0.05) is 5.21 Å². The SMILES string of the molecule is O=S(=O)(NCc1nn[nH]n1)c1cncc(Br)c1. The van der Waals surface area contributed by atoms with Crippen LogP contribution in [0.5, 0.6) is 0 Å². The molecule has 2 aromatic heterocycles. The van der Waals surface area contributed by atoms with Crippen LogP contribution in [0.1, 0.15) is 5.82 Å². The summed E-state index contributed by atoms with van der Waals surface area (Å²) in [5, 5.41) is 12.8. The van der Waals surface area contributed by atoms with Crippen LogP contribution in [-0.4, -0.2) is 34.0 Å². The first-order chi connectivity index (χ1) is 8.08. The number of nitrogens with one attached hydrogen (secondary N) is 2. The molecule has 90 valence electrons. The highest BCUT2D eigenvalue weighted by molar-refractivity contribution is 9.10. The predicted octanol–water partition coefficient (Wildman–Crippen LogP) is -0.164. The van der Waals surface area contributed by atoms with Gasteiger partial charge < -0.3 is 0 Å². The van der Waals surface area contributed by atoms with Crippen LogP contribution in [0.3, 0.4) is 0 Å². The molecular formula is C7H7BrN6O2S. The van der Waals surface area contributed by atoms with Crippen molar-refractivity contribution in [2.75, 3.05) is 0 Å². The zero-order valence-corrected chi connectivity index (χ0v) is 10.7. The van der Waals surface area contributed by atoms with E-state index in [2.05, 4.69) is 46.3 Å². The normalized spacial score (nSPS) is 11.6. The molecule has 2 heterocycles. The number of H-pyrrole nitrogens is 1. The maximum absolute atomic E-state index is 11.8. The molecule has 17 heavy (non-hydrogen) atoms. The van der Waals surface area contributed by atoms with Gasteiger partial charge in [-0.25, -0.2) is 13.1 Å². The molecule has 2 rings (SSSR count). The molecule has 0 bridgehead atoms. The van der Waals surface area contributed by atoms with Crippen LogP contribution < -0.4 is 4.72 Å². The van der Waals surface area contributed by atoms with Gasteiger partial charge in [-0.3, -0.25) is 4.98 Å². The smallest absolute Gasteiger partial charge is 0.242 e. The summed E-state index contributed by atoms with van der Waals surface area (Å²) in [6.07, 6.45) is 2.75. The van der Waals surface area contributed by atoms with Crippen molar-refractivity contribution in [1.82, 2.24) is 30.3 Å². The number of rotatable bonds is 4. The second kappa shape index (κ2) is 4.85. The molecule has 2 N–H and O–H groups in total. The van der Waals surface area contributed by atoms with Crippen LogP contribution in [0.2, 0.25) is 0 Å². The Hall–Kier alpha value is -1.39. The Balaban J connectivity index is 2.14. The summed E-state index contributed by atoms with van der Waals surface area (Å²) in [5.41, 5.74) is 0. The fraction of sp³-hybridized carbons (Fsp3) is 0.143. The van der Waals surface area contributed by atoms with Gasteiger partial charge in [0.25, 0.3) is 0 Å². The van der Waals surface area contributed by atoms with Gasteiger partial charge in [0, 0.05) is 16.9 Å². The molecule has 8 nitrogen and oxygen atoms in total. The van der Waals surface area contributed by atoms with E-state index >= 15 is 0 Å². The van der Waals surface area contributed by atoms with E-state index in [0.717, 1.165) is 0 Å². The van der Waals surface area contributed by atoms with E-state index in [0.29, 0.717) is 4.47 Å². The second-order valence-corrected chi connectivity index (χ2v) is 5.67. The summed E-state index contributed by atoms with van der Waals surface area (Å²) in [6, 6.07) is 1.45. The average molecular weight is 319 g/mol. The van der Waals surface area contributed by atoms with Crippen LogP contribution in [-0.2, 0) is 16.6 Å². The number of sulfonamides is 1. The number of nitrogens with zero attached hydrogens (tertiary/aromatic N) is 4. The summed E-state index contributed by atoms with van der Waals surface area (Å²) in [6.45, 7) is -0.0364. The summed E-state index contributed by atoms with van der Waals surface area (Å²) in [7, 11) is -3.62. The van der Waals surface area contributed by atoms with Gasteiger partial charge in [-0.15, -0.1) is 10.2 Å². The lowest BCUT2D eigenvalue weighted by atomic mass is 10.5. The number of aromatic amines is 1. The van der Waals surface area contributed by atoms with E-state index < -0.39 is 10.0 Å². The molecule has 0 aromatic carbocycles. The summed E-state index contributed by atoms with van der Waals surface area (Å²) in [5.74, 6) is 0.261. The lowest BCUT2D eigenvalue weighted by Gasteiger charge is -2.04. The molecule has 0 radical (unpaired) electrons. The van der Waals surface area contributed by atoms with Crippen molar-refractivity contribution in [1.29, 1.82) is 0 Å². The standard InChI is InChI=1S/C7H7BrN6O2S/c8-5-1-6(3-9-2-5)17(15,16)10-4-7-11-13-14-12-7/h1-3,10H,4H2,(H,11,12,13,14). The molecule has 0 saturated carbocycles. The Bertz CT molecular complexity index is 599. The number of aromatic nitrogens is 5. The third-order valence-electron chi connectivity index (χ3n) is 1.80. The molecule has 0 atom stereocenters. The van der Waals surface area contributed by atoms with Crippen molar-refractivity contribution >= 4 is 26.0 Å². The first-order valence-electron chi connectivity index (χ1n) is 4.40. The topological polar surface area (TPSA) is 114 Å². The van der Waals surface area contributed by atoms with Gasteiger partial charge in [0.05, 0.1) is 6.54 Å². The van der Waals surface area contributed by atoms with Gasteiger partial charge in [-0.05, 0) is 22.0 Å². The summed E-state index contributed by atoms with van der Waals surface area (Å²) >= 11 is 3.15.